The van der Waals surface area contributed by atoms with Gasteiger partial charge in [-0.05, 0) is 18.6 Å². The van der Waals surface area contributed by atoms with E-state index in [1.165, 1.54) is 13.2 Å². The zero-order valence-electron chi connectivity index (χ0n) is 8.60. The summed E-state index contributed by atoms with van der Waals surface area (Å²) >= 11 is 5.79. The van der Waals surface area contributed by atoms with E-state index in [1.807, 2.05) is 0 Å². The van der Waals surface area contributed by atoms with Gasteiger partial charge < -0.3 is 4.84 Å². The highest BCUT2D eigenvalue weighted by Crippen LogP contribution is 2.35. The van der Waals surface area contributed by atoms with Crippen molar-refractivity contribution in [1.82, 2.24) is 0 Å². The van der Waals surface area contributed by atoms with Crippen LogP contribution in [0.3, 0.4) is 0 Å². The SMILES string of the molecule is CO/N=C/c1c(C(F)(F)F)ccc(C)c1Cl. The van der Waals surface area contributed by atoms with Gasteiger partial charge in [0.05, 0.1) is 16.8 Å². The summed E-state index contributed by atoms with van der Waals surface area (Å²) in [6.07, 6.45) is -3.51. The van der Waals surface area contributed by atoms with Gasteiger partial charge in [-0.3, -0.25) is 0 Å². The molecule has 0 aliphatic heterocycles. The second-order valence-electron chi connectivity index (χ2n) is 3.07. The summed E-state index contributed by atoms with van der Waals surface area (Å²) in [7, 11) is 1.24. The zero-order valence-corrected chi connectivity index (χ0v) is 9.36. The van der Waals surface area contributed by atoms with Crippen LogP contribution in [-0.4, -0.2) is 13.3 Å². The predicted octanol–water partition coefficient (Wildman–Crippen LogP) is 3.65. The lowest BCUT2D eigenvalue weighted by atomic mass is 10.0. The maximum Gasteiger partial charge on any atom is 0.417 e. The first kappa shape index (κ1) is 12.8. The van der Waals surface area contributed by atoms with Gasteiger partial charge in [0.2, 0.25) is 0 Å². The number of rotatable bonds is 2. The van der Waals surface area contributed by atoms with Gasteiger partial charge in [0.1, 0.15) is 7.11 Å². The molecule has 0 amide bonds. The molecule has 6 heteroatoms. The van der Waals surface area contributed by atoms with Crippen molar-refractivity contribution in [2.75, 3.05) is 7.11 Å². The molecule has 0 fully saturated rings. The van der Waals surface area contributed by atoms with Gasteiger partial charge in [-0.15, -0.1) is 0 Å². The van der Waals surface area contributed by atoms with Crippen molar-refractivity contribution < 1.29 is 18.0 Å². The Morgan fingerprint density at radius 2 is 2.00 bits per heavy atom. The van der Waals surface area contributed by atoms with Crippen LogP contribution in [0.15, 0.2) is 17.3 Å². The molecule has 1 aromatic rings. The first-order valence-corrected chi connectivity index (χ1v) is 4.68. The van der Waals surface area contributed by atoms with Gasteiger partial charge in [-0.1, -0.05) is 22.8 Å². The fourth-order valence-electron chi connectivity index (χ4n) is 1.18. The minimum atomic E-state index is -4.47. The van der Waals surface area contributed by atoms with Gasteiger partial charge in [0, 0.05) is 5.56 Å². The lowest BCUT2D eigenvalue weighted by Crippen LogP contribution is -2.10. The van der Waals surface area contributed by atoms with E-state index in [1.54, 1.807) is 6.92 Å². The normalized spacial score (nSPS) is 12.1. The quantitative estimate of drug-likeness (QED) is 0.581. The lowest BCUT2D eigenvalue weighted by molar-refractivity contribution is -0.137. The number of hydrogen-bond donors (Lipinski definition) is 0. The van der Waals surface area contributed by atoms with Crippen LogP contribution in [0, 0.1) is 6.92 Å². The molecular weight excluding hydrogens is 243 g/mol. The highest BCUT2D eigenvalue weighted by molar-refractivity contribution is 6.34. The monoisotopic (exact) mass is 251 g/mol. The lowest BCUT2D eigenvalue weighted by Gasteiger charge is -2.12. The third-order valence-corrected chi connectivity index (χ3v) is 2.47. The van der Waals surface area contributed by atoms with Crippen LogP contribution >= 0.6 is 11.6 Å². The van der Waals surface area contributed by atoms with Crippen LogP contribution in [-0.2, 0) is 11.0 Å². The average Bonchev–Trinajstić information content (AvgIpc) is 2.18. The molecule has 0 saturated heterocycles. The van der Waals surface area contributed by atoms with E-state index in [4.69, 9.17) is 11.6 Å². The molecule has 1 rings (SSSR count). The summed E-state index contributed by atoms with van der Waals surface area (Å²) < 4.78 is 37.9. The maximum absolute atomic E-state index is 12.6. The van der Waals surface area contributed by atoms with Crippen molar-refractivity contribution in [3.8, 4) is 0 Å². The number of halogens is 4. The first-order valence-electron chi connectivity index (χ1n) is 4.30. The highest BCUT2D eigenvalue weighted by Gasteiger charge is 2.34. The molecule has 0 N–H and O–H groups in total. The van der Waals surface area contributed by atoms with E-state index >= 15 is 0 Å². The van der Waals surface area contributed by atoms with Crippen LogP contribution in [0.5, 0.6) is 0 Å². The van der Waals surface area contributed by atoms with Gasteiger partial charge in [-0.25, -0.2) is 0 Å². The highest BCUT2D eigenvalue weighted by atomic mass is 35.5. The fraction of sp³-hybridized carbons (Fsp3) is 0.300. The van der Waals surface area contributed by atoms with E-state index in [0.29, 0.717) is 5.56 Å². The number of alkyl halides is 3. The minimum absolute atomic E-state index is 0.0237. The number of hydrogen-bond acceptors (Lipinski definition) is 2. The Hall–Kier alpha value is -1.23. The summed E-state index contributed by atoms with van der Waals surface area (Å²) in [6, 6.07) is 2.29. The number of benzene rings is 1. The molecule has 2 nitrogen and oxygen atoms in total. The minimum Gasteiger partial charge on any atom is -0.399 e. The molecule has 0 heterocycles. The Bertz CT molecular complexity index is 415. The molecule has 0 unspecified atom stereocenters. The van der Waals surface area contributed by atoms with Gasteiger partial charge in [0.25, 0.3) is 0 Å². The van der Waals surface area contributed by atoms with E-state index in [9.17, 15) is 13.2 Å². The third kappa shape index (κ3) is 2.66. The average molecular weight is 252 g/mol. The number of nitrogens with zero attached hydrogens (tertiary/aromatic N) is 1. The van der Waals surface area contributed by atoms with Crippen molar-refractivity contribution in [3.63, 3.8) is 0 Å². The maximum atomic E-state index is 12.6. The molecule has 0 bridgehead atoms. The second kappa shape index (κ2) is 4.74. The molecular formula is C10H9ClF3NO. The van der Waals surface area contributed by atoms with E-state index in [-0.39, 0.29) is 10.6 Å². The molecule has 0 aromatic heterocycles. The first-order chi connectivity index (χ1) is 7.38. The van der Waals surface area contributed by atoms with Crippen molar-refractivity contribution in [3.05, 3.63) is 33.8 Å². The van der Waals surface area contributed by atoms with Crippen LogP contribution in [0.4, 0.5) is 13.2 Å². The Labute approximate surface area is 95.7 Å². The smallest absolute Gasteiger partial charge is 0.399 e. The van der Waals surface area contributed by atoms with Crippen LogP contribution in [0.25, 0.3) is 0 Å². The van der Waals surface area contributed by atoms with E-state index in [2.05, 4.69) is 9.99 Å². The predicted molar refractivity (Wildman–Crippen MR) is 55.8 cm³/mol. The van der Waals surface area contributed by atoms with Crippen molar-refractivity contribution in [1.29, 1.82) is 0 Å². The Morgan fingerprint density at radius 1 is 1.38 bits per heavy atom. The van der Waals surface area contributed by atoms with E-state index < -0.39 is 11.7 Å². The molecule has 0 atom stereocenters. The van der Waals surface area contributed by atoms with Crippen molar-refractivity contribution in [2.24, 2.45) is 5.16 Å². The van der Waals surface area contributed by atoms with Crippen molar-refractivity contribution in [2.45, 2.75) is 13.1 Å². The third-order valence-electron chi connectivity index (χ3n) is 1.97. The van der Waals surface area contributed by atoms with Crippen LogP contribution in [0.1, 0.15) is 16.7 Å². The molecule has 0 saturated carbocycles. The molecule has 88 valence electrons. The molecule has 16 heavy (non-hydrogen) atoms. The van der Waals surface area contributed by atoms with Gasteiger partial charge >= 0.3 is 6.18 Å². The Morgan fingerprint density at radius 3 is 2.50 bits per heavy atom. The second-order valence-corrected chi connectivity index (χ2v) is 3.45. The summed E-state index contributed by atoms with van der Waals surface area (Å²) in [5.74, 6) is 0. The summed E-state index contributed by atoms with van der Waals surface area (Å²) in [5, 5.41) is 3.33. The number of oxime groups is 1. The zero-order chi connectivity index (χ0) is 12.3. The number of aryl methyl sites for hydroxylation is 1. The van der Waals surface area contributed by atoms with Crippen molar-refractivity contribution >= 4 is 17.8 Å². The summed E-state index contributed by atoms with van der Waals surface area (Å²) in [4.78, 5) is 4.35. The fourth-order valence-corrected chi connectivity index (χ4v) is 1.39. The standard InChI is InChI=1S/C10H9ClF3NO/c1-6-3-4-8(10(12,13)14)7(9(6)11)5-15-16-2/h3-5H,1-2H3/b15-5+. The van der Waals surface area contributed by atoms with Gasteiger partial charge in [0.15, 0.2) is 0 Å². The molecule has 1 aromatic carbocycles. The molecule has 0 aliphatic rings. The summed E-state index contributed by atoms with van der Waals surface area (Å²) in [6.45, 7) is 1.62. The molecule has 0 spiro atoms. The topological polar surface area (TPSA) is 21.6 Å². The van der Waals surface area contributed by atoms with Gasteiger partial charge in [-0.2, -0.15) is 13.2 Å². The Kier molecular flexibility index (Phi) is 3.80. The van der Waals surface area contributed by atoms with Crippen LogP contribution < -0.4 is 0 Å². The Balaban J connectivity index is 3.39. The largest absolute Gasteiger partial charge is 0.417 e. The molecule has 0 aliphatic carbocycles. The molecule has 0 radical (unpaired) electrons. The van der Waals surface area contributed by atoms with Crippen LogP contribution in [0.2, 0.25) is 5.02 Å². The summed E-state index contributed by atoms with van der Waals surface area (Å²) in [5.41, 5.74) is -0.466. The van der Waals surface area contributed by atoms with E-state index in [0.717, 1.165) is 12.3 Å².